The number of nitrogens with zero attached hydrogens (tertiary/aromatic N) is 3. The molecular weight excluding hydrogens is 354 g/mol. The number of cyclic esters (lactones) is 1. The second-order valence-electron chi connectivity index (χ2n) is 7.91. The number of carbonyl (C=O) groups is 2. The summed E-state index contributed by atoms with van der Waals surface area (Å²) in [6.07, 6.45) is 6.13. The van der Waals surface area contributed by atoms with E-state index < -0.39 is 0 Å². The van der Waals surface area contributed by atoms with E-state index in [0.717, 1.165) is 43.6 Å². The molecule has 2 aromatic rings. The van der Waals surface area contributed by atoms with E-state index in [1.54, 1.807) is 4.90 Å². The monoisotopic (exact) mass is 377 g/mol. The third kappa shape index (κ3) is 2.84. The third-order valence-electron chi connectivity index (χ3n) is 6.30. The van der Waals surface area contributed by atoms with E-state index in [-0.39, 0.29) is 17.4 Å². The lowest BCUT2D eigenvalue weighted by Crippen LogP contribution is -2.37. The van der Waals surface area contributed by atoms with E-state index in [0.29, 0.717) is 19.1 Å². The molecule has 1 saturated carbocycles. The number of pyridine rings is 1. The lowest BCUT2D eigenvalue weighted by atomic mass is 9.94. The molecule has 2 aliphatic heterocycles. The van der Waals surface area contributed by atoms with Crippen LogP contribution >= 0.6 is 0 Å². The average molecular weight is 377 g/mol. The standard InChI is InChI=1S/C22H23N3O3/c26-20(24-12-7-17(15-24)16-5-10-23-11-6-16)22(8-9-22)18-1-3-19(4-2-18)25-13-14-28-21(25)27/h1-6,10-11,17H,7-9,12-15H2. The first-order valence-electron chi connectivity index (χ1n) is 9.91. The zero-order chi connectivity index (χ0) is 19.1. The normalized spacial score (nSPS) is 23.0. The Balaban J connectivity index is 1.31. The molecule has 28 heavy (non-hydrogen) atoms. The predicted molar refractivity (Wildman–Crippen MR) is 104 cm³/mol. The molecule has 3 aliphatic rings. The van der Waals surface area contributed by atoms with Gasteiger partial charge >= 0.3 is 6.09 Å². The number of amides is 2. The zero-order valence-corrected chi connectivity index (χ0v) is 15.7. The summed E-state index contributed by atoms with van der Waals surface area (Å²) in [6.45, 7) is 2.59. The highest BCUT2D eigenvalue weighted by atomic mass is 16.6. The van der Waals surface area contributed by atoms with E-state index in [1.165, 1.54) is 5.56 Å². The quantitative estimate of drug-likeness (QED) is 0.821. The van der Waals surface area contributed by atoms with Crippen molar-refractivity contribution in [2.24, 2.45) is 0 Å². The van der Waals surface area contributed by atoms with Gasteiger partial charge in [-0.15, -0.1) is 0 Å². The first-order valence-corrected chi connectivity index (χ1v) is 9.91. The minimum absolute atomic E-state index is 0.248. The van der Waals surface area contributed by atoms with Gasteiger partial charge in [0.05, 0.1) is 12.0 Å². The van der Waals surface area contributed by atoms with E-state index in [1.807, 2.05) is 53.7 Å². The number of ether oxygens (including phenoxy) is 1. The van der Waals surface area contributed by atoms with Gasteiger partial charge in [-0.1, -0.05) is 12.1 Å². The third-order valence-corrected chi connectivity index (χ3v) is 6.30. The summed E-state index contributed by atoms with van der Waals surface area (Å²) in [4.78, 5) is 32.8. The molecule has 1 aliphatic carbocycles. The molecular formula is C22H23N3O3. The molecule has 6 heteroatoms. The first kappa shape index (κ1) is 17.2. The largest absolute Gasteiger partial charge is 0.447 e. The number of rotatable bonds is 4. The second kappa shape index (κ2) is 6.62. The van der Waals surface area contributed by atoms with Crippen LogP contribution in [-0.2, 0) is 14.9 Å². The summed E-state index contributed by atoms with van der Waals surface area (Å²) in [5.74, 6) is 0.642. The predicted octanol–water partition coefficient (Wildman–Crippen LogP) is 3.09. The van der Waals surface area contributed by atoms with Crippen molar-refractivity contribution in [3.8, 4) is 0 Å². The smallest absolute Gasteiger partial charge is 0.414 e. The number of hydrogen-bond acceptors (Lipinski definition) is 4. The van der Waals surface area contributed by atoms with Gasteiger partial charge in [0, 0.05) is 37.1 Å². The van der Waals surface area contributed by atoms with Crippen molar-refractivity contribution in [2.45, 2.75) is 30.6 Å². The van der Waals surface area contributed by atoms with Crippen molar-refractivity contribution in [3.63, 3.8) is 0 Å². The van der Waals surface area contributed by atoms with Gasteiger partial charge in [0.15, 0.2) is 0 Å². The number of aromatic nitrogens is 1. The topological polar surface area (TPSA) is 62.7 Å². The lowest BCUT2D eigenvalue weighted by molar-refractivity contribution is -0.132. The second-order valence-corrected chi connectivity index (χ2v) is 7.91. The first-order chi connectivity index (χ1) is 13.7. The summed E-state index contributed by atoms with van der Waals surface area (Å²) >= 11 is 0. The Morgan fingerprint density at radius 3 is 2.46 bits per heavy atom. The van der Waals surface area contributed by atoms with E-state index in [4.69, 9.17) is 4.74 Å². The van der Waals surface area contributed by atoms with Crippen LogP contribution in [0.4, 0.5) is 10.5 Å². The van der Waals surface area contributed by atoms with Gasteiger partial charge in [0.25, 0.3) is 0 Å². The molecule has 6 nitrogen and oxygen atoms in total. The minimum atomic E-state index is -0.378. The Hall–Kier alpha value is -2.89. The van der Waals surface area contributed by atoms with Gasteiger partial charge in [0.1, 0.15) is 6.61 Å². The molecule has 1 unspecified atom stereocenters. The van der Waals surface area contributed by atoms with Crippen LogP contribution in [0.5, 0.6) is 0 Å². The molecule has 3 heterocycles. The van der Waals surface area contributed by atoms with Crippen LogP contribution in [0.25, 0.3) is 0 Å². The summed E-state index contributed by atoms with van der Waals surface area (Å²) in [7, 11) is 0. The summed E-state index contributed by atoms with van der Waals surface area (Å²) in [5.41, 5.74) is 2.77. The van der Waals surface area contributed by atoms with Crippen molar-refractivity contribution >= 4 is 17.7 Å². The van der Waals surface area contributed by atoms with Crippen molar-refractivity contribution in [3.05, 3.63) is 59.9 Å². The van der Waals surface area contributed by atoms with Gasteiger partial charge in [-0.3, -0.25) is 14.7 Å². The molecule has 1 atom stereocenters. The van der Waals surface area contributed by atoms with Crippen molar-refractivity contribution < 1.29 is 14.3 Å². The fourth-order valence-electron chi connectivity index (χ4n) is 4.49. The van der Waals surface area contributed by atoms with Gasteiger partial charge in [-0.05, 0) is 54.7 Å². The number of anilines is 1. The van der Waals surface area contributed by atoms with Crippen LogP contribution in [0, 0.1) is 0 Å². The van der Waals surface area contributed by atoms with Gasteiger partial charge in [0.2, 0.25) is 5.91 Å². The minimum Gasteiger partial charge on any atom is -0.447 e. The van der Waals surface area contributed by atoms with Gasteiger partial charge in [-0.2, -0.15) is 0 Å². The molecule has 2 amide bonds. The molecule has 3 fully saturated rings. The zero-order valence-electron chi connectivity index (χ0n) is 15.7. The van der Waals surface area contributed by atoms with Crippen LogP contribution in [0.2, 0.25) is 0 Å². The van der Waals surface area contributed by atoms with E-state index in [2.05, 4.69) is 4.98 Å². The molecule has 1 aromatic carbocycles. The Morgan fingerprint density at radius 1 is 1.07 bits per heavy atom. The number of hydrogen-bond donors (Lipinski definition) is 0. The SMILES string of the molecule is O=C1OCCN1c1ccc(C2(C(=O)N3CCC(c4ccncc4)C3)CC2)cc1. The molecule has 5 rings (SSSR count). The average Bonchev–Trinajstić information content (AvgIpc) is 3.19. The summed E-state index contributed by atoms with van der Waals surface area (Å²) in [5, 5.41) is 0. The number of benzene rings is 1. The fourth-order valence-corrected chi connectivity index (χ4v) is 4.49. The number of likely N-dealkylation sites (tertiary alicyclic amines) is 1. The summed E-state index contributed by atoms with van der Waals surface area (Å²) in [6, 6.07) is 12.0. The Morgan fingerprint density at radius 2 is 1.82 bits per heavy atom. The Labute approximate surface area is 164 Å². The van der Waals surface area contributed by atoms with Crippen LogP contribution in [0.15, 0.2) is 48.8 Å². The number of carbonyl (C=O) groups excluding carboxylic acids is 2. The highest BCUT2D eigenvalue weighted by Crippen LogP contribution is 2.50. The van der Waals surface area contributed by atoms with Gasteiger partial charge < -0.3 is 9.64 Å². The molecule has 0 N–H and O–H groups in total. The summed E-state index contributed by atoms with van der Waals surface area (Å²) < 4.78 is 5.00. The van der Waals surface area contributed by atoms with Crippen molar-refractivity contribution in [1.82, 2.24) is 9.88 Å². The molecule has 2 saturated heterocycles. The molecule has 144 valence electrons. The lowest BCUT2D eigenvalue weighted by Gasteiger charge is -2.24. The van der Waals surface area contributed by atoms with Gasteiger partial charge in [-0.25, -0.2) is 4.79 Å². The van der Waals surface area contributed by atoms with E-state index >= 15 is 0 Å². The maximum Gasteiger partial charge on any atom is 0.414 e. The highest BCUT2D eigenvalue weighted by molar-refractivity contribution is 5.92. The maximum absolute atomic E-state index is 13.3. The van der Waals surface area contributed by atoms with Crippen molar-refractivity contribution in [1.29, 1.82) is 0 Å². The fraction of sp³-hybridized carbons (Fsp3) is 0.409. The maximum atomic E-state index is 13.3. The molecule has 0 radical (unpaired) electrons. The van der Waals surface area contributed by atoms with E-state index in [9.17, 15) is 9.59 Å². The van der Waals surface area contributed by atoms with Crippen LogP contribution in [0.3, 0.4) is 0 Å². The molecule has 0 spiro atoms. The Bertz CT molecular complexity index is 893. The molecule has 0 bridgehead atoms. The Kier molecular flexibility index (Phi) is 4.07. The van der Waals surface area contributed by atoms with Crippen LogP contribution in [-0.4, -0.2) is 48.1 Å². The van der Waals surface area contributed by atoms with Crippen molar-refractivity contribution in [2.75, 3.05) is 31.1 Å². The van der Waals surface area contributed by atoms with Crippen LogP contribution < -0.4 is 4.90 Å². The van der Waals surface area contributed by atoms with Crippen LogP contribution in [0.1, 0.15) is 36.3 Å². The molecule has 1 aromatic heterocycles. The highest BCUT2D eigenvalue weighted by Gasteiger charge is 2.53.